The van der Waals surface area contributed by atoms with Gasteiger partial charge >= 0.3 is 5.63 Å². The lowest BCUT2D eigenvalue weighted by Crippen LogP contribution is -2.03. The number of phenolic OH excluding ortho intramolecular Hbond substituents is 1. The van der Waals surface area contributed by atoms with Crippen LogP contribution in [0.1, 0.15) is 11.1 Å². The van der Waals surface area contributed by atoms with Crippen molar-refractivity contribution in [3.05, 3.63) is 84.9 Å². The standard InChI is InChI=1S/C22H15Br2N3O3S/c1-2-4-12-5-3-6-13(19(12)28)10-25-27-22-26-18(11-31-22)16-8-14-7-15(23)9-17(24)20(14)30-21(16)29/h2-3,5-11,28H,1,4H2,(H,26,27)/b25-10+. The molecular formula is C22H15Br2N3O3S. The van der Waals surface area contributed by atoms with Crippen LogP contribution in [0.2, 0.25) is 0 Å². The Bertz CT molecular complexity index is 1380. The van der Waals surface area contributed by atoms with Crippen LogP contribution in [-0.2, 0) is 6.42 Å². The van der Waals surface area contributed by atoms with Gasteiger partial charge in [-0.15, -0.1) is 17.9 Å². The predicted molar refractivity (Wildman–Crippen MR) is 132 cm³/mol. The van der Waals surface area contributed by atoms with Gasteiger partial charge in [0, 0.05) is 20.8 Å². The summed E-state index contributed by atoms with van der Waals surface area (Å²) in [5.74, 6) is 0.166. The predicted octanol–water partition coefficient (Wildman–Crippen LogP) is 6.32. The van der Waals surface area contributed by atoms with Gasteiger partial charge in [0.2, 0.25) is 5.13 Å². The number of hydrazone groups is 1. The van der Waals surface area contributed by atoms with E-state index in [9.17, 15) is 9.90 Å². The molecule has 0 aliphatic heterocycles. The molecule has 0 bridgehead atoms. The third-order valence-electron chi connectivity index (χ3n) is 4.41. The first kappa shape index (κ1) is 21.5. The Balaban J connectivity index is 1.57. The summed E-state index contributed by atoms with van der Waals surface area (Å²) in [4.78, 5) is 16.9. The van der Waals surface area contributed by atoms with Crippen LogP contribution in [0.25, 0.3) is 22.2 Å². The summed E-state index contributed by atoms with van der Waals surface area (Å²) in [5.41, 5.74) is 5.05. The van der Waals surface area contributed by atoms with E-state index in [1.165, 1.54) is 17.6 Å². The van der Waals surface area contributed by atoms with Gasteiger partial charge in [0.15, 0.2) is 5.58 Å². The quantitative estimate of drug-likeness (QED) is 0.125. The summed E-state index contributed by atoms with van der Waals surface area (Å²) >= 11 is 8.15. The Morgan fingerprint density at radius 2 is 2.13 bits per heavy atom. The number of hydrogen-bond acceptors (Lipinski definition) is 7. The Morgan fingerprint density at radius 3 is 2.94 bits per heavy atom. The molecule has 4 rings (SSSR count). The molecule has 156 valence electrons. The minimum atomic E-state index is -0.472. The van der Waals surface area contributed by atoms with Crippen LogP contribution in [0.5, 0.6) is 5.75 Å². The van der Waals surface area contributed by atoms with E-state index in [0.717, 1.165) is 15.4 Å². The summed E-state index contributed by atoms with van der Waals surface area (Å²) in [6.07, 6.45) is 3.81. The molecule has 0 aliphatic carbocycles. The number of phenols is 1. The lowest BCUT2D eigenvalue weighted by atomic mass is 10.1. The van der Waals surface area contributed by atoms with Crippen molar-refractivity contribution in [3.8, 4) is 17.0 Å². The van der Waals surface area contributed by atoms with E-state index in [1.807, 2.05) is 24.3 Å². The highest BCUT2D eigenvalue weighted by Crippen LogP contribution is 2.31. The summed E-state index contributed by atoms with van der Waals surface area (Å²) < 4.78 is 7.04. The van der Waals surface area contributed by atoms with E-state index >= 15 is 0 Å². The molecule has 0 spiro atoms. The molecule has 0 saturated carbocycles. The van der Waals surface area contributed by atoms with E-state index in [2.05, 4.69) is 54.0 Å². The molecular weight excluding hydrogens is 546 g/mol. The number of para-hydroxylation sites is 1. The first-order valence-electron chi connectivity index (χ1n) is 9.06. The average molecular weight is 561 g/mol. The molecule has 31 heavy (non-hydrogen) atoms. The van der Waals surface area contributed by atoms with Crippen LogP contribution in [0.4, 0.5) is 5.13 Å². The van der Waals surface area contributed by atoms with E-state index < -0.39 is 5.63 Å². The largest absolute Gasteiger partial charge is 0.507 e. The third-order valence-corrected chi connectivity index (χ3v) is 6.20. The fraction of sp³-hybridized carbons (Fsp3) is 0.0455. The maximum Gasteiger partial charge on any atom is 0.345 e. The minimum Gasteiger partial charge on any atom is -0.507 e. The fourth-order valence-electron chi connectivity index (χ4n) is 2.98. The van der Waals surface area contributed by atoms with Gasteiger partial charge in [-0.1, -0.05) is 34.1 Å². The van der Waals surface area contributed by atoms with E-state index in [-0.39, 0.29) is 5.75 Å². The summed E-state index contributed by atoms with van der Waals surface area (Å²) in [6, 6.07) is 10.9. The fourth-order valence-corrected chi connectivity index (χ4v) is 4.98. The summed E-state index contributed by atoms with van der Waals surface area (Å²) in [6.45, 7) is 3.69. The van der Waals surface area contributed by atoms with Crippen molar-refractivity contribution in [2.24, 2.45) is 5.10 Å². The van der Waals surface area contributed by atoms with Crippen LogP contribution < -0.4 is 11.1 Å². The van der Waals surface area contributed by atoms with E-state index in [4.69, 9.17) is 4.42 Å². The Labute approximate surface area is 198 Å². The molecule has 2 aromatic carbocycles. The number of anilines is 1. The number of hydrogen-bond donors (Lipinski definition) is 2. The van der Waals surface area contributed by atoms with Gasteiger partial charge in [-0.3, -0.25) is 5.43 Å². The average Bonchev–Trinajstić information content (AvgIpc) is 3.20. The molecule has 0 unspecified atom stereocenters. The molecule has 0 saturated heterocycles. The van der Waals surface area contributed by atoms with Gasteiger partial charge in [0.1, 0.15) is 5.75 Å². The number of nitrogens with zero attached hydrogens (tertiary/aromatic N) is 2. The minimum absolute atomic E-state index is 0.166. The molecule has 2 N–H and O–H groups in total. The maximum atomic E-state index is 12.5. The monoisotopic (exact) mass is 559 g/mol. The zero-order chi connectivity index (χ0) is 22.0. The van der Waals surface area contributed by atoms with Crippen molar-refractivity contribution in [3.63, 3.8) is 0 Å². The maximum absolute atomic E-state index is 12.5. The van der Waals surface area contributed by atoms with Gasteiger partial charge < -0.3 is 9.52 Å². The molecule has 6 nitrogen and oxygen atoms in total. The first-order chi connectivity index (χ1) is 15.0. The highest BCUT2D eigenvalue weighted by Gasteiger charge is 2.13. The van der Waals surface area contributed by atoms with E-state index in [1.54, 1.807) is 23.6 Å². The van der Waals surface area contributed by atoms with Gasteiger partial charge in [0.05, 0.1) is 21.9 Å². The Hall–Kier alpha value is -2.75. The number of fused-ring (bicyclic) bond motifs is 1. The van der Waals surface area contributed by atoms with Crippen molar-refractivity contribution < 1.29 is 9.52 Å². The molecule has 0 radical (unpaired) electrons. The smallest absolute Gasteiger partial charge is 0.345 e. The van der Waals surface area contributed by atoms with Crippen molar-refractivity contribution in [1.29, 1.82) is 0 Å². The molecule has 0 aliphatic rings. The number of aromatic nitrogens is 1. The van der Waals surface area contributed by atoms with Crippen molar-refractivity contribution in [2.75, 3.05) is 5.43 Å². The molecule has 2 aromatic heterocycles. The molecule has 4 aromatic rings. The number of nitrogens with one attached hydrogen (secondary N) is 1. The second-order valence-electron chi connectivity index (χ2n) is 6.51. The Morgan fingerprint density at radius 1 is 1.29 bits per heavy atom. The number of halogens is 2. The molecule has 9 heteroatoms. The van der Waals surface area contributed by atoms with Crippen molar-refractivity contribution in [2.45, 2.75) is 6.42 Å². The number of rotatable bonds is 6. The van der Waals surface area contributed by atoms with Gasteiger partial charge in [-0.2, -0.15) is 5.10 Å². The second-order valence-corrected chi connectivity index (χ2v) is 9.14. The third kappa shape index (κ3) is 4.63. The number of aromatic hydroxyl groups is 1. The molecule has 0 atom stereocenters. The number of allylic oxidation sites excluding steroid dienone is 1. The van der Waals surface area contributed by atoms with Crippen LogP contribution in [0.3, 0.4) is 0 Å². The summed E-state index contributed by atoms with van der Waals surface area (Å²) in [5, 5.41) is 17.5. The normalized spacial score (nSPS) is 11.3. The van der Waals surface area contributed by atoms with Gasteiger partial charge in [-0.05, 0) is 52.2 Å². The first-order valence-corrected chi connectivity index (χ1v) is 11.5. The number of thiazole rings is 1. The zero-order valence-electron chi connectivity index (χ0n) is 15.9. The van der Waals surface area contributed by atoms with Crippen LogP contribution in [0, 0.1) is 0 Å². The lowest BCUT2D eigenvalue weighted by molar-refractivity contribution is 0.469. The van der Waals surface area contributed by atoms with E-state index in [0.29, 0.717) is 38.4 Å². The van der Waals surface area contributed by atoms with Crippen LogP contribution >= 0.6 is 43.2 Å². The molecule has 2 heterocycles. The Kier molecular flexibility index (Phi) is 6.35. The molecule has 0 fully saturated rings. The molecule has 0 amide bonds. The number of benzene rings is 2. The zero-order valence-corrected chi connectivity index (χ0v) is 19.9. The highest BCUT2D eigenvalue weighted by atomic mass is 79.9. The second kappa shape index (κ2) is 9.17. The lowest BCUT2D eigenvalue weighted by Gasteiger charge is -2.04. The topological polar surface area (TPSA) is 87.7 Å². The van der Waals surface area contributed by atoms with Gasteiger partial charge in [0.25, 0.3) is 0 Å². The highest BCUT2D eigenvalue weighted by molar-refractivity contribution is 9.11. The summed E-state index contributed by atoms with van der Waals surface area (Å²) in [7, 11) is 0. The van der Waals surface area contributed by atoms with Gasteiger partial charge in [-0.25, -0.2) is 9.78 Å². The van der Waals surface area contributed by atoms with Crippen LogP contribution in [-0.4, -0.2) is 16.3 Å². The van der Waals surface area contributed by atoms with Crippen molar-refractivity contribution >= 4 is 65.5 Å². The van der Waals surface area contributed by atoms with Crippen molar-refractivity contribution in [1.82, 2.24) is 4.98 Å². The van der Waals surface area contributed by atoms with Crippen LogP contribution in [0.15, 0.2) is 77.7 Å². The SMILES string of the molecule is C=CCc1cccc(/C=N/Nc2nc(-c3cc4cc(Br)cc(Br)c4oc3=O)cs2)c1O.